The normalized spacial score (nSPS) is 12.8. The van der Waals surface area contributed by atoms with Crippen LogP contribution in [-0.2, 0) is 24.2 Å². The first-order valence-electron chi connectivity index (χ1n) is 6.25. The lowest BCUT2D eigenvalue weighted by atomic mass is 9.99. The van der Waals surface area contributed by atoms with E-state index in [1.165, 1.54) is 11.1 Å². The van der Waals surface area contributed by atoms with E-state index in [4.69, 9.17) is 9.84 Å². The summed E-state index contributed by atoms with van der Waals surface area (Å²) < 4.78 is 5.80. The van der Waals surface area contributed by atoms with Crippen molar-refractivity contribution in [3.05, 3.63) is 64.7 Å². The van der Waals surface area contributed by atoms with Gasteiger partial charge in [-0.2, -0.15) is 0 Å². The zero-order chi connectivity index (χ0) is 13.2. The maximum atomic E-state index is 10.7. The minimum absolute atomic E-state index is 0.0313. The number of carboxylic acids is 1. The fourth-order valence-electron chi connectivity index (χ4n) is 2.40. The summed E-state index contributed by atoms with van der Waals surface area (Å²) in [4.78, 5) is 10.7. The van der Waals surface area contributed by atoms with E-state index in [0.717, 1.165) is 23.3 Å². The van der Waals surface area contributed by atoms with Gasteiger partial charge in [0.1, 0.15) is 12.4 Å². The molecule has 3 nitrogen and oxygen atoms in total. The van der Waals surface area contributed by atoms with Gasteiger partial charge in [0.05, 0.1) is 6.42 Å². The topological polar surface area (TPSA) is 46.5 Å². The van der Waals surface area contributed by atoms with Crippen molar-refractivity contribution in [2.24, 2.45) is 0 Å². The molecule has 0 atom stereocenters. The zero-order valence-corrected chi connectivity index (χ0v) is 10.4. The molecule has 3 heteroatoms. The fraction of sp³-hybridized carbons (Fsp3) is 0.188. The molecule has 19 heavy (non-hydrogen) atoms. The van der Waals surface area contributed by atoms with Gasteiger partial charge in [0, 0.05) is 6.42 Å². The molecule has 1 aliphatic heterocycles. The van der Waals surface area contributed by atoms with Gasteiger partial charge in [0.25, 0.3) is 0 Å². The molecule has 0 amide bonds. The number of hydrogen-bond donors (Lipinski definition) is 1. The van der Waals surface area contributed by atoms with Crippen LogP contribution in [0.2, 0.25) is 0 Å². The molecular weight excluding hydrogens is 240 g/mol. The number of aliphatic carboxylic acids is 1. The van der Waals surface area contributed by atoms with E-state index in [0.29, 0.717) is 6.61 Å². The summed E-state index contributed by atoms with van der Waals surface area (Å²) in [6, 6.07) is 13.9. The third kappa shape index (κ3) is 2.45. The van der Waals surface area contributed by atoms with Gasteiger partial charge in [-0.15, -0.1) is 0 Å². The summed E-state index contributed by atoms with van der Waals surface area (Å²) in [7, 11) is 0. The van der Waals surface area contributed by atoms with Crippen molar-refractivity contribution in [1.82, 2.24) is 0 Å². The molecule has 0 saturated heterocycles. The van der Waals surface area contributed by atoms with E-state index in [1.54, 1.807) is 0 Å². The summed E-state index contributed by atoms with van der Waals surface area (Å²) in [6.45, 7) is 0.541. The van der Waals surface area contributed by atoms with Gasteiger partial charge < -0.3 is 9.84 Å². The first-order chi connectivity index (χ1) is 9.22. The molecule has 0 spiro atoms. The number of benzene rings is 2. The number of ether oxygens (including phenoxy) is 1. The first kappa shape index (κ1) is 11.8. The molecule has 0 fully saturated rings. The van der Waals surface area contributed by atoms with Crippen LogP contribution >= 0.6 is 0 Å². The summed E-state index contributed by atoms with van der Waals surface area (Å²) in [6.07, 6.45) is 0.864. The molecule has 0 aliphatic carbocycles. The van der Waals surface area contributed by atoms with E-state index in [9.17, 15) is 4.79 Å². The molecule has 0 unspecified atom stereocenters. The number of hydrogen-bond acceptors (Lipinski definition) is 2. The largest absolute Gasteiger partial charge is 0.489 e. The van der Waals surface area contributed by atoms with E-state index >= 15 is 0 Å². The van der Waals surface area contributed by atoms with Gasteiger partial charge in [-0.1, -0.05) is 36.4 Å². The van der Waals surface area contributed by atoms with Crippen molar-refractivity contribution in [3.8, 4) is 5.75 Å². The van der Waals surface area contributed by atoms with Gasteiger partial charge in [-0.25, -0.2) is 0 Å². The molecule has 0 saturated carbocycles. The zero-order valence-electron chi connectivity index (χ0n) is 10.4. The summed E-state index contributed by atoms with van der Waals surface area (Å²) >= 11 is 0. The smallest absolute Gasteiger partial charge is 0.307 e. The molecule has 0 aromatic heterocycles. The highest BCUT2D eigenvalue weighted by Crippen LogP contribution is 2.29. The molecule has 1 heterocycles. The minimum Gasteiger partial charge on any atom is -0.489 e. The molecule has 0 radical (unpaired) electrons. The van der Waals surface area contributed by atoms with Gasteiger partial charge in [0.2, 0.25) is 0 Å². The van der Waals surface area contributed by atoms with E-state index in [-0.39, 0.29) is 6.42 Å². The Morgan fingerprint density at radius 1 is 1.11 bits per heavy atom. The van der Waals surface area contributed by atoms with Crippen LogP contribution in [0.3, 0.4) is 0 Å². The Hall–Kier alpha value is -2.29. The second kappa shape index (κ2) is 4.76. The molecule has 2 aromatic rings. The van der Waals surface area contributed by atoms with Crippen LogP contribution < -0.4 is 4.74 Å². The molecule has 2 aromatic carbocycles. The highest BCUT2D eigenvalue weighted by atomic mass is 16.5. The van der Waals surface area contributed by atoms with Crippen LogP contribution in [0.25, 0.3) is 0 Å². The van der Waals surface area contributed by atoms with Crippen molar-refractivity contribution in [2.45, 2.75) is 19.4 Å². The maximum absolute atomic E-state index is 10.7. The molecule has 1 aliphatic rings. The Morgan fingerprint density at radius 2 is 1.89 bits per heavy atom. The number of carbonyl (C=O) groups is 1. The van der Waals surface area contributed by atoms with Crippen LogP contribution in [-0.4, -0.2) is 11.1 Å². The van der Waals surface area contributed by atoms with Crippen LogP contribution in [0.4, 0.5) is 0 Å². The minimum atomic E-state index is -0.822. The third-order valence-electron chi connectivity index (χ3n) is 3.37. The molecule has 1 N–H and O–H groups in total. The second-order valence-electron chi connectivity index (χ2n) is 4.75. The van der Waals surface area contributed by atoms with Crippen LogP contribution in [0.1, 0.15) is 22.3 Å². The maximum Gasteiger partial charge on any atom is 0.307 e. The third-order valence-corrected chi connectivity index (χ3v) is 3.37. The summed E-state index contributed by atoms with van der Waals surface area (Å²) in [5.41, 5.74) is 4.35. The van der Waals surface area contributed by atoms with E-state index in [1.807, 2.05) is 30.3 Å². The molecule has 3 rings (SSSR count). The van der Waals surface area contributed by atoms with Crippen molar-refractivity contribution in [2.75, 3.05) is 0 Å². The van der Waals surface area contributed by atoms with Crippen molar-refractivity contribution in [3.63, 3.8) is 0 Å². The van der Waals surface area contributed by atoms with Crippen molar-refractivity contribution < 1.29 is 14.6 Å². The molecule has 96 valence electrons. The SMILES string of the molecule is O=C(O)Cc1ccc2c(c1)OCc1ccccc1C2. The fourth-order valence-corrected chi connectivity index (χ4v) is 2.40. The van der Waals surface area contributed by atoms with Crippen molar-refractivity contribution in [1.29, 1.82) is 0 Å². The van der Waals surface area contributed by atoms with Crippen LogP contribution in [0, 0.1) is 0 Å². The quantitative estimate of drug-likeness (QED) is 0.896. The van der Waals surface area contributed by atoms with Crippen molar-refractivity contribution >= 4 is 5.97 Å². The Balaban J connectivity index is 1.95. The average Bonchev–Trinajstić information content (AvgIpc) is 2.57. The second-order valence-corrected chi connectivity index (χ2v) is 4.75. The molecule has 0 bridgehead atoms. The monoisotopic (exact) mass is 254 g/mol. The summed E-state index contributed by atoms with van der Waals surface area (Å²) in [5, 5.41) is 8.83. The highest BCUT2D eigenvalue weighted by molar-refractivity contribution is 5.70. The summed E-state index contributed by atoms with van der Waals surface area (Å²) in [5.74, 6) is -0.0215. The van der Waals surface area contributed by atoms with Gasteiger partial charge in [-0.05, 0) is 28.3 Å². The van der Waals surface area contributed by atoms with Crippen LogP contribution in [0.15, 0.2) is 42.5 Å². The number of fused-ring (bicyclic) bond motifs is 2. The van der Waals surface area contributed by atoms with Gasteiger partial charge in [-0.3, -0.25) is 4.79 Å². The van der Waals surface area contributed by atoms with E-state index < -0.39 is 5.97 Å². The predicted octanol–water partition coefficient (Wildman–Crippen LogP) is 2.80. The predicted molar refractivity (Wildman–Crippen MR) is 71.4 cm³/mol. The Kier molecular flexibility index (Phi) is 2.95. The first-order valence-corrected chi connectivity index (χ1v) is 6.25. The standard InChI is InChI=1S/C16H14O3/c17-16(18)8-11-5-6-13-9-12-3-1-2-4-14(12)10-19-15(13)7-11/h1-7H,8-10H2,(H,17,18). The highest BCUT2D eigenvalue weighted by Gasteiger charge is 2.14. The Labute approximate surface area is 111 Å². The van der Waals surface area contributed by atoms with Crippen LogP contribution in [0.5, 0.6) is 5.75 Å². The Bertz CT molecular complexity index is 632. The number of carboxylic acid groups (broad SMARTS) is 1. The number of rotatable bonds is 2. The average molecular weight is 254 g/mol. The lowest BCUT2D eigenvalue weighted by Gasteiger charge is -2.08. The lowest BCUT2D eigenvalue weighted by molar-refractivity contribution is -0.136. The lowest BCUT2D eigenvalue weighted by Crippen LogP contribution is -2.01. The van der Waals surface area contributed by atoms with Gasteiger partial charge >= 0.3 is 5.97 Å². The van der Waals surface area contributed by atoms with Gasteiger partial charge in [0.15, 0.2) is 0 Å². The van der Waals surface area contributed by atoms with E-state index in [2.05, 4.69) is 12.1 Å². The Morgan fingerprint density at radius 3 is 2.68 bits per heavy atom. The molecular formula is C16H14O3.